The summed E-state index contributed by atoms with van der Waals surface area (Å²) in [4.78, 5) is 19.6. The number of aromatic amines is 1. The van der Waals surface area contributed by atoms with E-state index in [1.165, 1.54) is 19.3 Å². The average molecular weight is 432 g/mol. The van der Waals surface area contributed by atoms with E-state index in [4.69, 9.17) is 0 Å². The highest BCUT2D eigenvalue weighted by Gasteiger charge is 2.39. The SMILES string of the molecule is CS(=O)(=O)NC1CC(c2nc(-c3ccccc3)n[nH]2)N(C(=O)CC2CCCCC2)C1. The predicted octanol–water partition coefficient (Wildman–Crippen LogP) is 2.63. The lowest BCUT2D eigenvalue weighted by Crippen LogP contribution is -2.38. The van der Waals surface area contributed by atoms with Crippen LogP contribution in [0.25, 0.3) is 11.4 Å². The Hall–Kier alpha value is -2.26. The topological polar surface area (TPSA) is 108 Å². The second-order valence-corrected chi connectivity index (χ2v) is 10.3. The minimum Gasteiger partial charge on any atom is -0.331 e. The van der Waals surface area contributed by atoms with E-state index in [-0.39, 0.29) is 18.0 Å². The number of H-pyrrole nitrogens is 1. The number of carbonyl (C=O) groups is 1. The van der Waals surface area contributed by atoms with Gasteiger partial charge in [0.25, 0.3) is 0 Å². The van der Waals surface area contributed by atoms with Crippen LogP contribution in [-0.2, 0) is 14.8 Å². The fraction of sp³-hybridized carbons (Fsp3) is 0.571. The third-order valence-corrected chi connectivity index (χ3v) is 6.80. The zero-order chi connectivity index (χ0) is 21.1. The molecule has 2 N–H and O–H groups in total. The van der Waals surface area contributed by atoms with E-state index >= 15 is 0 Å². The molecule has 30 heavy (non-hydrogen) atoms. The normalized spacial score (nSPS) is 23.0. The summed E-state index contributed by atoms with van der Waals surface area (Å²) < 4.78 is 26.2. The zero-order valence-corrected chi connectivity index (χ0v) is 18.1. The highest BCUT2D eigenvalue weighted by atomic mass is 32.2. The third-order valence-electron chi connectivity index (χ3n) is 6.04. The Balaban J connectivity index is 1.54. The average Bonchev–Trinajstić information content (AvgIpc) is 3.35. The van der Waals surface area contributed by atoms with Crippen molar-refractivity contribution in [1.82, 2.24) is 24.8 Å². The molecule has 162 valence electrons. The number of hydrogen-bond acceptors (Lipinski definition) is 5. The molecule has 1 aromatic carbocycles. The van der Waals surface area contributed by atoms with Crippen molar-refractivity contribution < 1.29 is 13.2 Å². The second-order valence-electron chi connectivity index (χ2n) is 8.50. The molecule has 1 amide bonds. The monoisotopic (exact) mass is 431 g/mol. The highest BCUT2D eigenvalue weighted by molar-refractivity contribution is 7.88. The van der Waals surface area contributed by atoms with Crippen molar-refractivity contribution in [2.45, 2.75) is 57.0 Å². The standard InChI is InChI=1S/C21H29N5O3S/c1-30(28,29)25-17-13-18(21-22-20(23-24-21)16-10-6-3-7-11-16)26(14-17)19(27)12-15-8-4-2-5-9-15/h3,6-7,10-11,15,17-18,25H,2,4-5,8-9,12-14H2,1H3,(H,22,23,24). The number of nitrogens with one attached hydrogen (secondary N) is 2. The number of amides is 1. The van der Waals surface area contributed by atoms with Gasteiger partial charge in [0.2, 0.25) is 15.9 Å². The first-order valence-corrected chi connectivity index (χ1v) is 12.5. The lowest BCUT2D eigenvalue weighted by molar-refractivity contribution is -0.133. The van der Waals surface area contributed by atoms with Gasteiger partial charge in [0, 0.05) is 24.6 Å². The van der Waals surface area contributed by atoms with Crippen LogP contribution >= 0.6 is 0 Å². The van der Waals surface area contributed by atoms with Crippen LogP contribution < -0.4 is 4.72 Å². The summed E-state index contributed by atoms with van der Waals surface area (Å²) in [6, 6.07) is 9.00. The number of nitrogens with zero attached hydrogens (tertiary/aromatic N) is 3. The van der Waals surface area contributed by atoms with Gasteiger partial charge >= 0.3 is 0 Å². The molecule has 2 aliphatic rings. The number of carbonyl (C=O) groups excluding carboxylic acids is 1. The molecule has 1 aliphatic carbocycles. The van der Waals surface area contributed by atoms with E-state index in [1.807, 2.05) is 30.3 Å². The lowest BCUT2D eigenvalue weighted by atomic mass is 9.86. The molecule has 1 aromatic heterocycles. The van der Waals surface area contributed by atoms with Crippen molar-refractivity contribution in [3.8, 4) is 11.4 Å². The molecule has 4 rings (SSSR count). The maximum Gasteiger partial charge on any atom is 0.223 e. The van der Waals surface area contributed by atoms with Crippen LogP contribution in [0.4, 0.5) is 0 Å². The van der Waals surface area contributed by atoms with Crippen LogP contribution in [0.1, 0.15) is 56.8 Å². The molecule has 1 saturated carbocycles. The molecular weight excluding hydrogens is 402 g/mol. The van der Waals surface area contributed by atoms with Gasteiger partial charge in [-0.2, -0.15) is 5.10 Å². The molecule has 0 bridgehead atoms. The Morgan fingerprint density at radius 1 is 1.20 bits per heavy atom. The molecule has 2 atom stereocenters. The summed E-state index contributed by atoms with van der Waals surface area (Å²) in [5.74, 6) is 1.67. The molecule has 0 radical (unpaired) electrons. The van der Waals surface area contributed by atoms with Crippen molar-refractivity contribution >= 4 is 15.9 Å². The van der Waals surface area contributed by atoms with E-state index in [9.17, 15) is 13.2 Å². The van der Waals surface area contributed by atoms with Gasteiger partial charge in [0.15, 0.2) is 5.82 Å². The van der Waals surface area contributed by atoms with E-state index < -0.39 is 10.0 Å². The van der Waals surface area contributed by atoms with Gasteiger partial charge in [0.05, 0.1) is 12.3 Å². The minimum atomic E-state index is -3.36. The first kappa shape index (κ1) is 21.0. The number of benzene rings is 1. The highest BCUT2D eigenvalue weighted by Crippen LogP contribution is 2.34. The molecule has 2 fully saturated rings. The van der Waals surface area contributed by atoms with E-state index in [1.54, 1.807) is 4.90 Å². The largest absolute Gasteiger partial charge is 0.331 e. The minimum absolute atomic E-state index is 0.0716. The Morgan fingerprint density at radius 2 is 1.93 bits per heavy atom. The summed E-state index contributed by atoms with van der Waals surface area (Å²) in [5, 5.41) is 7.31. The summed E-state index contributed by atoms with van der Waals surface area (Å²) in [6.45, 7) is 0.352. The zero-order valence-electron chi connectivity index (χ0n) is 17.3. The quantitative estimate of drug-likeness (QED) is 0.731. The maximum absolute atomic E-state index is 13.2. The maximum atomic E-state index is 13.2. The van der Waals surface area contributed by atoms with Crippen molar-refractivity contribution in [1.29, 1.82) is 0 Å². The van der Waals surface area contributed by atoms with Crippen molar-refractivity contribution in [3.63, 3.8) is 0 Å². The summed E-state index contributed by atoms with van der Waals surface area (Å²) >= 11 is 0. The van der Waals surface area contributed by atoms with Crippen molar-refractivity contribution in [2.24, 2.45) is 5.92 Å². The molecule has 8 nitrogen and oxygen atoms in total. The van der Waals surface area contributed by atoms with Crippen LogP contribution in [0.15, 0.2) is 30.3 Å². The van der Waals surface area contributed by atoms with Crippen LogP contribution in [-0.4, -0.2) is 53.2 Å². The van der Waals surface area contributed by atoms with Crippen molar-refractivity contribution in [3.05, 3.63) is 36.2 Å². The molecular formula is C21H29N5O3S. The number of hydrogen-bond donors (Lipinski definition) is 2. The first-order chi connectivity index (χ1) is 14.4. The van der Waals surface area contributed by atoms with E-state index in [0.717, 1.165) is 24.7 Å². The Bertz CT molecular complexity index is 970. The van der Waals surface area contributed by atoms with E-state index in [0.29, 0.717) is 37.0 Å². The van der Waals surface area contributed by atoms with Gasteiger partial charge in [-0.1, -0.05) is 49.6 Å². The molecule has 9 heteroatoms. The van der Waals surface area contributed by atoms with E-state index in [2.05, 4.69) is 19.9 Å². The summed E-state index contributed by atoms with van der Waals surface area (Å²) in [7, 11) is -3.36. The molecule has 2 aromatic rings. The van der Waals surface area contributed by atoms with Crippen LogP contribution in [0.5, 0.6) is 0 Å². The van der Waals surface area contributed by atoms with Gasteiger partial charge in [-0.3, -0.25) is 9.89 Å². The number of aromatic nitrogens is 3. The Kier molecular flexibility index (Phi) is 6.19. The van der Waals surface area contributed by atoms with Crippen LogP contribution in [0.3, 0.4) is 0 Å². The molecule has 0 spiro atoms. The number of sulfonamides is 1. The van der Waals surface area contributed by atoms with Gasteiger partial charge < -0.3 is 4.90 Å². The van der Waals surface area contributed by atoms with Gasteiger partial charge in [-0.25, -0.2) is 18.1 Å². The molecule has 1 saturated heterocycles. The smallest absolute Gasteiger partial charge is 0.223 e. The third kappa shape index (κ3) is 5.07. The Labute approximate surface area is 177 Å². The molecule has 2 heterocycles. The van der Waals surface area contributed by atoms with Crippen LogP contribution in [0.2, 0.25) is 0 Å². The van der Waals surface area contributed by atoms with Crippen molar-refractivity contribution in [2.75, 3.05) is 12.8 Å². The fourth-order valence-electron chi connectivity index (χ4n) is 4.65. The number of rotatable bonds is 6. The van der Waals surface area contributed by atoms with Gasteiger partial charge in [-0.05, 0) is 25.2 Å². The lowest BCUT2D eigenvalue weighted by Gasteiger charge is -2.27. The van der Waals surface area contributed by atoms with Gasteiger partial charge in [-0.15, -0.1) is 0 Å². The van der Waals surface area contributed by atoms with Crippen LogP contribution in [0, 0.1) is 5.92 Å². The fourth-order valence-corrected chi connectivity index (χ4v) is 5.43. The summed E-state index contributed by atoms with van der Waals surface area (Å²) in [6.07, 6.45) is 7.94. The second kappa shape index (κ2) is 8.85. The van der Waals surface area contributed by atoms with Gasteiger partial charge in [0.1, 0.15) is 5.82 Å². The Morgan fingerprint density at radius 3 is 2.63 bits per heavy atom. The number of likely N-dealkylation sites (tertiary alicyclic amines) is 1. The molecule has 1 aliphatic heterocycles. The first-order valence-electron chi connectivity index (χ1n) is 10.6. The predicted molar refractivity (Wildman–Crippen MR) is 114 cm³/mol. The molecule has 2 unspecified atom stereocenters. The summed E-state index contributed by atoms with van der Waals surface area (Å²) in [5.41, 5.74) is 0.892.